The van der Waals surface area contributed by atoms with Gasteiger partial charge in [0.15, 0.2) is 0 Å². The van der Waals surface area contributed by atoms with Crippen LogP contribution in [0, 0.1) is 0 Å². The number of amides is 1. The van der Waals surface area contributed by atoms with Crippen LogP contribution >= 0.6 is 0 Å². The van der Waals surface area contributed by atoms with E-state index in [1.165, 1.54) is 25.7 Å². The zero-order valence-corrected chi connectivity index (χ0v) is 14.3. The van der Waals surface area contributed by atoms with E-state index in [-0.39, 0.29) is 11.9 Å². The molecule has 5 nitrogen and oxygen atoms in total. The highest BCUT2D eigenvalue weighted by atomic mass is 16.1. The van der Waals surface area contributed by atoms with Crippen molar-refractivity contribution in [1.82, 2.24) is 10.3 Å². The van der Waals surface area contributed by atoms with Crippen LogP contribution in [-0.2, 0) is 0 Å². The maximum Gasteiger partial charge on any atom is 0.253 e. The molecule has 0 spiro atoms. The zero-order chi connectivity index (χ0) is 16.5. The van der Waals surface area contributed by atoms with Gasteiger partial charge in [-0.05, 0) is 31.4 Å². The third-order valence-electron chi connectivity index (χ3n) is 4.47. The van der Waals surface area contributed by atoms with E-state index < -0.39 is 0 Å². The fourth-order valence-electron chi connectivity index (χ4n) is 2.98. The minimum atomic E-state index is -0.0773. The van der Waals surface area contributed by atoms with Crippen molar-refractivity contribution in [3.8, 4) is 0 Å². The van der Waals surface area contributed by atoms with Gasteiger partial charge in [-0.3, -0.25) is 4.79 Å². The lowest BCUT2D eigenvalue weighted by molar-refractivity contribution is 0.0935. The van der Waals surface area contributed by atoms with E-state index in [9.17, 15) is 4.79 Å². The molecule has 2 rings (SSSR count). The van der Waals surface area contributed by atoms with Gasteiger partial charge in [-0.25, -0.2) is 4.98 Å². The van der Waals surface area contributed by atoms with Crippen molar-refractivity contribution in [2.45, 2.75) is 57.9 Å². The number of anilines is 1. The molecule has 1 aliphatic heterocycles. The lowest BCUT2D eigenvalue weighted by Gasteiger charge is -2.21. The Hall–Kier alpha value is -1.62. The lowest BCUT2D eigenvalue weighted by Crippen LogP contribution is -2.40. The van der Waals surface area contributed by atoms with Crippen LogP contribution in [-0.4, -0.2) is 36.6 Å². The quantitative estimate of drug-likeness (QED) is 0.811. The number of unbranched alkanes of at least 4 members (excludes halogenated alkanes) is 1. The first kappa shape index (κ1) is 17.7. The summed E-state index contributed by atoms with van der Waals surface area (Å²) in [5.41, 5.74) is 6.35. The smallest absolute Gasteiger partial charge is 0.253 e. The topological polar surface area (TPSA) is 71.2 Å². The third kappa shape index (κ3) is 5.50. The molecule has 5 heteroatoms. The molecule has 0 radical (unpaired) electrons. The van der Waals surface area contributed by atoms with Crippen LogP contribution in [0.25, 0.3) is 0 Å². The van der Waals surface area contributed by atoms with Gasteiger partial charge >= 0.3 is 0 Å². The number of hydrogen-bond donors (Lipinski definition) is 2. The van der Waals surface area contributed by atoms with Gasteiger partial charge in [0.05, 0.1) is 5.56 Å². The predicted molar refractivity (Wildman–Crippen MR) is 94.8 cm³/mol. The monoisotopic (exact) mass is 318 g/mol. The van der Waals surface area contributed by atoms with Crippen LogP contribution in [0.2, 0.25) is 0 Å². The SMILES string of the molecule is CCCCC(CN)NC(=O)c1ccc(N2CCCCCC2)nc1. The van der Waals surface area contributed by atoms with E-state index >= 15 is 0 Å². The molecule has 2 heterocycles. The summed E-state index contributed by atoms with van der Waals surface area (Å²) in [5.74, 6) is 0.899. The molecule has 1 aromatic rings. The Balaban J connectivity index is 1.93. The summed E-state index contributed by atoms with van der Waals surface area (Å²) in [7, 11) is 0. The molecule has 0 bridgehead atoms. The van der Waals surface area contributed by atoms with Gasteiger partial charge in [0.2, 0.25) is 0 Å². The van der Waals surface area contributed by atoms with Gasteiger partial charge in [-0.15, -0.1) is 0 Å². The van der Waals surface area contributed by atoms with Crippen molar-refractivity contribution in [3.63, 3.8) is 0 Å². The standard InChI is InChI=1S/C18H30N4O/c1-2-3-8-16(13-19)21-18(23)15-9-10-17(20-14-15)22-11-6-4-5-7-12-22/h9-10,14,16H,2-8,11-13,19H2,1H3,(H,21,23). The number of carbonyl (C=O) groups excluding carboxylic acids is 1. The largest absolute Gasteiger partial charge is 0.357 e. The second kappa shape index (κ2) is 9.50. The lowest BCUT2D eigenvalue weighted by atomic mass is 10.1. The van der Waals surface area contributed by atoms with Gasteiger partial charge in [0.1, 0.15) is 5.82 Å². The number of nitrogens with zero attached hydrogens (tertiary/aromatic N) is 2. The number of pyridine rings is 1. The van der Waals surface area contributed by atoms with Crippen molar-refractivity contribution in [1.29, 1.82) is 0 Å². The summed E-state index contributed by atoms with van der Waals surface area (Å²) >= 11 is 0. The van der Waals surface area contributed by atoms with Crippen molar-refractivity contribution >= 4 is 11.7 Å². The molecule has 128 valence electrons. The molecule has 0 saturated carbocycles. The Morgan fingerprint density at radius 1 is 1.30 bits per heavy atom. The summed E-state index contributed by atoms with van der Waals surface area (Å²) < 4.78 is 0. The average Bonchev–Trinajstić information content (AvgIpc) is 2.88. The van der Waals surface area contributed by atoms with Crippen LogP contribution in [0.3, 0.4) is 0 Å². The zero-order valence-electron chi connectivity index (χ0n) is 14.3. The Bertz CT molecular complexity index is 466. The van der Waals surface area contributed by atoms with Crippen LogP contribution in [0.15, 0.2) is 18.3 Å². The second-order valence-electron chi connectivity index (χ2n) is 6.35. The first-order valence-electron chi connectivity index (χ1n) is 8.96. The molecule has 1 fully saturated rings. The first-order valence-corrected chi connectivity index (χ1v) is 8.96. The number of carbonyl (C=O) groups is 1. The molecule has 1 aliphatic rings. The normalized spacial score (nSPS) is 16.7. The summed E-state index contributed by atoms with van der Waals surface area (Å²) in [6.45, 7) is 4.74. The minimum Gasteiger partial charge on any atom is -0.357 e. The van der Waals surface area contributed by atoms with Crippen molar-refractivity contribution < 1.29 is 4.79 Å². The van der Waals surface area contributed by atoms with E-state index in [0.717, 1.165) is 38.2 Å². The van der Waals surface area contributed by atoms with E-state index in [1.54, 1.807) is 6.20 Å². The predicted octanol–water partition coefficient (Wildman–Crippen LogP) is 2.71. The molecule has 0 aromatic carbocycles. The molecule has 0 aliphatic carbocycles. The van der Waals surface area contributed by atoms with Gasteiger partial charge in [0, 0.05) is 31.9 Å². The van der Waals surface area contributed by atoms with E-state index in [0.29, 0.717) is 12.1 Å². The average molecular weight is 318 g/mol. The Morgan fingerprint density at radius 3 is 2.61 bits per heavy atom. The van der Waals surface area contributed by atoms with Crippen molar-refractivity contribution in [2.24, 2.45) is 5.73 Å². The number of nitrogens with two attached hydrogens (primary N) is 1. The van der Waals surface area contributed by atoms with Gasteiger partial charge in [0.25, 0.3) is 5.91 Å². The maximum absolute atomic E-state index is 12.3. The van der Waals surface area contributed by atoms with Crippen LogP contribution in [0.4, 0.5) is 5.82 Å². The molecule has 1 saturated heterocycles. The number of hydrogen-bond acceptors (Lipinski definition) is 4. The van der Waals surface area contributed by atoms with Gasteiger partial charge in [-0.1, -0.05) is 32.6 Å². The molecule has 3 N–H and O–H groups in total. The Morgan fingerprint density at radius 2 is 2.04 bits per heavy atom. The second-order valence-corrected chi connectivity index (χ2v) is 6.35. The van der Waals surface area contributed by atoms with Gasteiger partial charge < -0.3 is 16.0 Å². The van der Waals surface area contributed by atoms with Crippen LogP contribution < -0.4 is 16.0 Å². The van der Waals surface area contributed by atoms with Crippen molar-refractivity contribution in [3.05, 3.63) is 23.9 Å². The third-order valence-corrected chi connectivity index (χ3v) is 4.47. The maximum atomic E-state index is 12.3. The fourth-order valence-corrected chi connectivity index (χ4v) is 2.98. The molecule has 1 unspecified atom stereocenters. The van der Waals surface area contributed by atoms with Crippen LogP contribution in [0.1, 0.15) is 62.2 Å². The summed E-state index contributed by atoms with van der Waals surface area (Å²) in [5, 5.41) is 3.01. The number of aromatic nitrogens is 1. The number of rotatable bonds is 7. The molecular weight excluding hydrogens is 288 g/mol. The molecule has 23 heavy (non-hydrogen) atoms. The molecular formula is C18H30N4O. The first-order chi connectivity index (χ1) is 11.2. The van der Waals surface area contributed by atoms with Crippen molar-refractivity contribution in [2.75, 3.05) is 24.5 Å². The number of nitrogens with one attached hydrogen (secondary N) is 1. The van der Waals surface area contributed by atoms with E-state index in [4.69, 9.17) is 5.73 Å². The molecule has 1 atom stereocenters. The highest BCUT2D eigenvalue weighted by Crippen LogP contribution is 2.17. The highest BCUT2D eigenvalue weighted by Gasteiger charge is 2.14. The van der Waals surface area contributed by atoms with Gasteiger partial charge in [-0.2, -0.15) is 0 Å². The van der Waals surface area contributed by atoms with E-state index in [2.05, 4.69) is 22.1 Å². The highest BCUT2D eigenvalue weighted by molar-refractivity contribution is 5.94. The van der Waals surface area contributed by atoms with E-state index in [1.807, 2.05) is 12.1 Å². The minimum absolute atomic E-state index is 0.0488. The fraction of sp³-hybridized carbons (Fsp3) is 0.667. The Kier molecular flexibility index (Phi) is 7.33. The van der Waals surface area contributed by atoms with Crippen LogP contribution in [0.5, 0.6) is 0 Å². The molecule has 1 aromatic heterocycles. The summed E-state index contributed by atoms with van der Waals surface area (Å²) in [6, 6.07) is 3.88. The summed E-state index contributed by atoms with van der Waals surface area (Å²) in [4.78, 5) is 19.1. The Labute approximate surface area is 139 Å². The summed E-state index contributed by atoms with van der Waals surface area (Å²) in [6.07, 6.45) is 9.84. The molecule has 1 amide bonds.